The molecule has 0 heterocycles. The molecule has 5 aliphatic rings. The summed E-state index contributed by atoms with van der Waals surface area (Å²) in [7, 11) is 2.45. The summed E-state index contributed by atoms with van der Waals surface area (Å²) in [6, 6.07) is 0. The molecule has 96 valence electrons. The van der Waals surface area contributed by atoms with Crippen molar-refractivity contribution in [3.05, 3.63) is 0 Å². The van der Waals surface area contributed by atoms with Gasteiger partial charge in [-0.2, -0.15) is 0 Å². The lowest BCUT2D eigenvalue weighted by atomic mass is 9.52. The Balaban J connectivity index is 1.51. The van der Waals surface area contributed by atoms with E-state index in [1.165, 1.54) is 25.8 Å². The van der Waals surface area contributed by atoms with Crippen molar-refractivity contribution in [2.24, 2.45) is 23.7 Å². The van der Waals surface area contributed by atoms with Crippen molar-refractivity contribution in [1.82, 2.24) is 4.90 Å². The van der Waals surface area contributed by atoms with E-state index in [1.807, 2.05) is 0 Å². The van der Waals surface area contributed by atoms with Crippen LogP contribution in [-0.4, -0.2) is 24.0 Å². The van der Waals surface area contributed by atoms with E-state index in [0.29, 0.717) is 5.54 Å². The third-order valence-corrected chi connectivity index (χ3v) is 6.57. The van der Waals surface area contributed by atoms with Crippen molar-refractivity contribution in [1.29, 1.82) is 0 Å². The van der Waals surface area contributed by atoms with Gasteiger partial charge < -0.3 is 4.90 Å². The van der Waals surface area contributed by atoms with E-state index in [1.54, 1.807) is 38.5 Å². The summed E-state index contributed by atoms with van der Waals surface area (Å²) >= 11 is 0. The molecule has 0 spiro atoms. The Kier molecular flexibility index (Phi) is 2.38. The lowest BCUT2D eigenvalue weighted by Gasteiger charge is -2.60. The van der Waals surface area contributed by atoms with Gasteiger partial charge in [0.1, 0.15) is 0 Å². The Morgan fingerprint density at radius 3 is 1.88 bits per heavy atom. The van der Waals surface area contributed by atoms with Crippen LogP contribution in [0.1, 0.15) is 57.8 Å². The molecule has 17 heavy (non-hydrogen) atoms. The second-order valence-electron chi connectivity index (χ2n) is 7.82. The van der Waals surface area contributed by atoms with Gasteiger partial charge in [-0.25, -0.2) is 0 Å². The van der Waals surface area contributed by atoms with Crippen LogP contribution in [0.2, 0.25) is 0 Å². The normalized spacial score (nSPS) is 48.7. The summed E-state index contributed by atoms with van der Waals surface area (Å²) in [5.41, 5.74) is 0.657. The first-order valence-electron chi connectivity index (χ1n) is 7.95. The summed E-state index contributed by atoms with van der Waals surface area (Å²) in [4.78, 5) is 2.82. The van der Waals surface area contributed by atoms with Crippen LogP contribution in [0.25, 0.3) is 0 Å². The highest BCUT2D eigenvalue weighted by Gasteiger charge is 2.52. The van der Waals surface area contributed by atoms with Gasteiger partial charge in [-0.05, 0) is 82.1 Å². The maximum absolute atomic E-state index is 2.82. The average molecular weight is 233 g/mol. The Labute approximate surface area is 106 Å². The predicted molar refractivity (Wildman–Crippen MR) is 70.9 cm³/mol. The van der Waals surface area contributed by atoms with Gasteiger partial charge in [-0.1, -0.05) is 6.42 Å². The van der Waals surface area contributed by atoms with Crippen LogP contribution < -0.4 is 0 Å². The zero-order chi connectivity index (χ0) is 11.5. The maximum atomic E-state index is 2.82. The minimum Gasteiger partial charge on any atom is -0.300 e. The van der Waals surface area contributed by atoms with E-state index in [9.17, 15) is 0 Å². The summed E-state index contributed by atoms with van der Waals surface area (Å²) in [5.74, 6) is 4.35. The minimum absolute atomic E-state index is 0.657. The Morgan fingerprint density at radius 2 is 1.47 bits per heavy atom. The highest BCUT2D eigenvalue weighted by atomic mass is 15.2. The topological polar surface area (TPSA) is 3.24 Å². The van der Waals surface area contributed by atoms with E-state index in [2.05, 4.69) is 11.9 Å². The van der Waals surface area contributed by atoms with Crippen molar-refractivity contribution in [2.45, 2.75) is 63.3 Å². The number of hydrogen-bond donors (Lipinski definition) is 0. The van der Waals surface area contributed by atoms with E-state index >= 15 is 0 Å². The van der Waals surface area contributed by atoms with Gasteiger partial charge >= 0.3 is 0 Å². The largest absolute Gasteiger partial charge is 0.300 e. The van der Waals surface area contributed by atoms with E-state index < -0.39 is 0 Å². The Bertz CT molecular complexity index is 269. The molecule has 5 rings (SSSR count). The SMILES string of the molecule is CN(CC1CCC1)C12CC3CC(CC(C3)C1)C2. The van der Waals surface area contributed by atoms with Gasteiger partial charge in [-0.3, -0.25) is 0 Å². The second kappa shape index (κ2) is 3.73. The van der Waals surface area contributed by atoms with Crippen molar-refractivity contribution < 1.29 is 0 Å². The van der Waals surface area contributed by atoms with Crippen LogP contribution >= 0.6 is 0 Å². The molecule has 0 aromatic rings. The number of nitrogens with zero attached hydrogens (tertiary/aromatic N) is 1. The van der Waals surface area contributed by atoms with Crippen molar-refractivity contribution in [3.8, 4) is 0 Å². The fourth-order valence-corrected chi connectivity index (χ4v) is 5.79. The van der Waals surface area contributed by atoms with E-state index in [0.717, 1.165) is 23.7 Å². The van der Waals surface area contributed by atoms with Gasteiger partial charge in [0.2, 0.25) is 0 Å². The van der Waals surface area contributed by atoms with Crippen LogP contribution in [0.5, 0.6) is 0 Å². The van der Waals surface area contributed by atoms with Crippen LogP contribution in [0.15, 0.2) is 0 Å². The van der Waals surface area contributed by atoms with Crippen LogP contribution in [0, 0.1) is 23.7 Å². The summed E-state index contributed by atoms with van der Waals surface area (Å²) in [6.07, 6.45) is 13.9. The van der Waals surface area contributed by atoms with Gasteiger partial charge in [0, 0.05) is 12.1 Å². The molecule has 0 saturated heterocycles. The van der Waals surface area contributed by atoms with Crippen LogP contribution in [0.3, 0.4) is 0 Å². The van der Waals surface area contributed by atoms with Crippen molar-refractivity contribution >= 4 is 0 Å². The lowest BCUT2D eigenvalue weighted by molar-refractivity contribution is -0.0860. The Hall–Kier alpha value is -0.0400. The molecule has 5 aliphatic carbocycles. The zero-order valence-corrected chi connectivity index (χ0v) is 11.3. The summed E-state index contributed by atoms with van der Waals surface area (Å²) < 4.78 is 0. The molecular weight excluding hydrogens is 206 g/mol. The van der Waals surface area contributed by atoms with Gasteiger partial charge in [0.05, 0.1) is 0 Å². The first kappa shape index (κ1) is 10.8. The number of rotatable bonds is 3. The predicted octanol–water partition coefficient (Wildman–Crippen LogP) is 3.69. The molecule has 0 aromatic carbocycles. The second-order valence-corrected chi connectivity index (χ2v) is 7.82. The molecule has 5 saturated carbocycles. The zero-order valence-electron chi connectivity index (χ0n) is 11.3. The standard InChI is InChI=1S/C16H27N/c1-17(11-12-3-2-4-12)16-8-13-5-14(9-16)7-15(6-13)10-16/h12-15H,2-11H2,1H3. The molecule has 0 unspecified atom stereocenters. The molecule has 0 atom stereocenters. The maximum Gasteiger partial charge on any atom is 0.0214 e. The van der Waals surface area contributed by atoms with Crippen LogP contribution in [0.4, 0.5) is 0 Å². The minimum atomic E-state index is 0.657. The third kappa shape index (κ3) is 1.69. The molecule has 0 radical (unpaired) electrons. The molecule has 1 heteroatoms. The highest BCUT2D eigenvalue weighted by Crippen LogP contribution is 2.57. The molecular formula is C16H27N. The first-order valence-corrected chi connectivity index (χ1v) is 7.95. The van der Waals surface area contributed by atoms with Gasteiger partial charge in [-0.15, -0.1) is 0 Å². The third-order valence-electron chi connectivity index (χ3n) is 6.57. The van der Waals surface area contributed by atoms with E-state index in [4.69, 9.17) is 0 Å². The summed E-state index contributed by atoms with van der Waals surface area (Å²) in [6.45, 7) is 1.41. The molecule has 5 fully saturated rings. The van der Waals surface area contributed by atoms with Crippen molar-refractivity contribution in [2.75, 3.05) is 13.6 Å². The van der Waals surface area contributed by atoms with Gasteiger partial charge in [0.25, 0.3) is 0 Å². The summed E-state index contributed by atoms with van der Waals surface area (Å²) in [5, 5.41) is 0. The number of hydrogen-bond acceptors (Lipinski definition) is 1. The highest BCUT2D eigenvalue weighted by molar-refractivity contribution is 5.07. The molecule has 4 bridgehead atoms. The molecule has 1 nitrogen and oxygen atoms in total. The van der Waals surface area contributed by atoms with Crippen molar-refractivity contribution in [3.63, 3.8) is 0 Å². The molecule has 0 aliphatic heterocycles. The van der Waals surface area contributed by atoms with Gasteiger partial charge in [0.15, 0.2) is 0 Å². The molecule has 0 N–H and O–H groups in total. The monoisotopic (exact) mass is 233 g/mol. The quantitative estimate of drug-likeness (QED) is 0.718. The van der Waals surface area contributed by atoms with E-state index in [-0.39, 0.29) is 0 Å². The Morgan fingerprint density at radius 1 is 0.941 bits per heavy atom. The van der Waals surface area contributed by atoms with Crippen LogP contribution in [-0.2, 0) is 0 Å². The fraction of sp³-hybridized carbons (Fsp3) is 1.00. The lowest BCUT2D eigenvalue weighted by Crippen LogP contribution is -2.59. The fourth-order valence-electron chi connectivity index (χ4n) is 5.79. The first-order chi connectivity index (χ1) is 8.23. The molecule has 0 amide bonds. The smallest absolute Gasteiger partial charge is 0.0214 e. The molecule has 0 aromatic heterocycles. The average Bonchev–Trinajstić information content (AvgIpc) is 2.21.